The maximum atomic E-state index is 12.2. The highest BCUT2D eigenvalue weighted by Gasteiger charge is 2.13. The Bertz CT molecular complexity index is 552. The number of aryl methyl sites for hydroxylation is 2. The normalized spacial score (nSPS) is 12.0. The molecule has 0 unspecified atom stereocenters. The molecule has 0 aliphatic carbocycles. The molecule has 0 aliphatic rings. The van der Waals surface area contributed by atoms with Gasteiger partial charge >= 0.3 is 0 Å². The lowest BCUT2D eigenvalue weighted by Crippen LogP contribution is -2.26. The number of nitrogens with zero attached hydrogens (tertiary/aromatic N) is 1. The first kappa shape index (κ1) is 19.1. The van der Waals surface area contributed by atoms with Gasteiger partial charge < -0.3 is 4.90 Å². The van der Waals surface area contributed by atoms with Gasteiger partial charge in [0.1, 0.15) is 0 Å². The summed E-state index contributed by atoms with van der Waals surface area (Å²) < 4.78 is 27.1. The molecular formula is C17H30N2O2S. The third-order valence-corrected chi connectivity index (χ3v) is 5.59. The Hall–Kier alpha value is -0.910. The zero-order valence-electron chi connectivity index (χ0n) is 14.4. The van der Waals surface area contributed by atoms with Gasteiger partial charge in [-0.3, -0.25) is 0 Å². The van der Waals surface area contributed by atoms with E-state index in [9.17, 15) is 8.42 Å². The fraction of sp³-hybridized carbons (Fsp3) is 0.647. The average Bonchev–Trinajstić information content (AvgIpc) is 2.49. The maximum Gasteiger partial charge on any atom is 0.240 e. The lowest BCUT2D eigenvalue weighted by molar-refractivity contribution is 0.296. The Balaban J connectivity index is 2.36. The van der Waals surface area contributed by atoms with Crippen molar-refractivity contribution in [3.05, 3.63) is 29.3 Å². The topological polar surface area (TPSA) is 49.4 Å². The molecule has 1 N–H and O–H groups in total. The minimum atomic E-state index is -3.37. The van der Waals surface area contributed by atoms with Crippen molar-refractivity contribution in [1.29, 1.82) is 0 Å². The van der Waals surface area contributed by atoms with Gasteiger partial charge in [-0.25, -0.2) is 13.1 Å². The number of hydrogen-bond acceptors (Lipinski definition) is 3. The van der Waals surface area contributed by atoms with E-state index in [0.29, 0.717) is 11.4 Å². The van der Waals surface area contributed by atoms with E-state index in [1.54, 1.807) is 12.1 Å². The van der Waals surface area contributed by atoms with Crippen LogP contribution in [0.15, 0.2) is 23.1 Å². The summed E-state index contributed by atoms with van der Waals surface area (Å²) in [5, 5.41) is 0. The molecule has 0 bridgehead atoms. The third kappa shape index (κ3) is 6.07. The summed E-state index contributed by atoms with van der Waals surface area (Å²) in [5.41, 5.74) is 2.11. The second kappa shape index (κ2) is 9.28. The Morgan fingerprint density at radius 1 is 1.00 bits per heavy atom. The molecule has 0 amide bonds. The van der Waals surface area contributed by atoms with Crippen LogP contribution in [0, 0.1) is 13.8 Å². The lowest BCUT2D eigenvalue weighted by Gasteiger charge is -2.17. The van der Waals surface area contributed by atoms with E-state index in [2.05, 4.69) is 23.5 Å². The van der Waals surface area contributed by atoms with Crippen LogP contribution in [0.3, 0.4) is 0 Å². The molecule has 5 heteroatoms. The van der Waals surface area contributed by atoms with E-state index in [1.807, 2.05) is 19.9 Å². The van der Waals surface area contributed by atoms with Crippen molar-refractivity contribution in [2.45, 2.75) is 51.9 Å². The van der Waals surface area contributed by atoms with Crippen LogP contribution in [0.2, 0.25) is 0 Å². The summed E-state index contributed by atoms with van der Waals surface area (Å²) >= 11 is 0. The maximum absolute atomic E-state index is 12.2. The smallest absolute Gasteiger partial charge is 0.240 e. The lowest BCUT2D eigenvalue weighted by atomic mass is 10.1. The largest absolute Gasteiger partial charge is 0.304 e. The minimum absolute atomic E-state index is 0.360. The van der Waals surface area contributed by atoms with Crippen LogP contribution in [0.4, 0.5) is 0 Å². The van der Waals surface area contributed by atoms with Gasteiger partial charge in [-0.1, -0.05) is 26.3 Å². The van der Waals surface area contributed by atoms with Crippen molar-refractivity contribution in [2.24, 2.45) is 0 Å². The number of nitrogens with one attached hydrogen (secondary N) is 1. The highest BCUT2D eigenvalue weighted by Crippen LogP contribution is 2.14. The molecule has 0 fully saturated rings. The first-order valence-corrected chi connectivity index (χ1v) is 9.68. The molecule has 0 radical (unpaired) electrons. The van der Waals surface area contributed by atoms with Crippen LogP contribution in [0.5, 0.6) is 0 Å². The molecule has 1 aromatic carbocycles. The predicted octanol–water partition coefficient (Wildman–Crippen LogP) is 3.09. The van der Waals surface area contributed by atoms with E-state index in [4.69, 9.17) is 0 Å². The number of rotatable bonds is 10. The summed E-state index contributed by atoms with van der Waals surface area (Å²) in [6.07, 6.45) is 3.05. The van der Waals surface area contributed by atoms with E-state index in [-0.39, 0.29) is 0 Å². The number of benzene rings is 1. The summed E-state index contributed by atoms with van der Waals surface area (Å²) in [6.45, 7) is 12.0. The molecule has 126 valence electrons. The monoisotopic (exact) mass is 326 g/mol. The van der Waals surface area contributed by atoms with Gasteiger partial charge in [-0.15, -0.1) is 0 Å². The van der Waals surface area contributed by atoms with E-state index < -0.39 is 10.0 Å². The highest BCUT2D eigenvalue weighted by molar-refractivity contribution is 7.89. The second-order valence-corrected chi connectivity index (χ2v) is 7.50. The summed E-state index contributed by atoms with van der Waals surface area (Å²) in [5.74, 6) is 0. The van der Waals surface area contributed by atoms with Crippen molar-refractivity contribution in [3.63, 3.8) is 0 Å². The van der Waals surface area contributed by atoms with Crippen LogP contribution in [-0.2, 0) is 10.0 Å². The van der Waals surface area contributed by atoms with Crippen LogP contribution >= 0.6 is 0 Å². The zero-order chi connectivity index (χ0) is 16.6. The minimum Gasteiger partial charge on any atom is -0.304 e. The second-order valence-electron chi connectivity index (χ2n) is 5.73. The van der Waals surface area contributed by atoms with Crippen molar-refractivity contribution in [3.8, 4) is 0 Å². The first-order chi connectivity index (χ1) is 10.4. The van der Waals surface area contributed by atoms with E-state index >= 15 is 0 Å². The van der Waals surface area contributed by atoms with Crippen molar-refractivity contribution in [1.82, 2.24) is 9.62 Å². The van der Waals surface area contributed by atoms with Crippen LogP contribution in [0.25, 0.3) is 0 Å². The van der Waals surface area contributed by atoms with Gasteiger partial charge in [0.15, 0.2) is 0 Å². The highest BCUT2D eigenvalue weighted by atomic mass is 32.2. The molecule has 0 saturated carbocycles. The van der Waals surface area contributed by atoms with Gasteiger partial charge in [0, 0.05) is 6.54 Å². The molecular weight excluding hydrogens is 296 g/mol. The van der Waals surface area contributed by atoms with E-state index in [1.165, 1.54) is 0 Å². The fourth-order valence-electron chi connectivity index (χ4n) is 2.35. The van der Waals surface area contributed by atoms with Gasteiger partial charge in [0.05, 0.1) is 4.90 Å². The van der Waals surface area contributed by atoms with Gasteiger partial charge in [-0.2, -0.15) is 0 Å². The molecule has 22 heavy (non-hydrogen) atoms. The quantitative estimate of drug-likeness (QED) is 0.672. The van der Waals surface area contributed by atoms with Crippen molar-refractivity contribution >= 4 is 10.0 Å². The van der Waals surface area contributed by atoms with Crippen LogP contribution in [-0.4, -0.2) is 39.5 Å². The number of unbranched alkanes of at least 4 members (excludes halogenated alkanes) is 2. The number of hydrogen-bond donors (Lipinski definition) is 1. The van der Waals surface area contributed by atoms with Crippen LogP contribution in [0.1, 0.15) is 44.2 Å². The standard InChI is InChI=1S/C17H30N2O2S/c1-5-19(6-2)13-9-7-8-12-18-22(20,21)17-11-10-15(3)16(4)14-17/h10-11,14,18H,5-9,12-13H2,1-4H3. The van der Waals surface area contributed by atoms with Gasteiger partial charge in [0.25, 0.3) is 0 Å². The molecule has 4 nitrogen and oxygen atoms in total. The summed E-state index contributed by atoms with van der Waals surface area (Å²) in [7, 11) is -3.37. The van der Waals surface area contributed by atoms with Gasteiger partial charge in [-0.05, 0) is 69.6 Å². The number of sulfonamides is 1. The summed E-state index contributed by atoms with van der Waals surface area (Å²) in [6, 6.07) is 5.26. The Labute approximate surface area is 136 Å². The molecule has 1 rings (SSSR count). The molecule has 0 heterocycles. The predicted molar refractivity (Wildman–Crippen MR) is 92.7 cm³/mol. The Morgan fingerprint density at radius 2 is 1.68 bits per heavy atom. The fourth-order valence-corrected chi connectivity index (χ4v) is 3.51. The molecule has 0 spiro atoms. The third-order valence-electron chi connectivity index (χ3n) is 4.13. The Kier molecular flexibility index (Phi) is 8.07. The molecule has 0 aromatic heterocycles. The average molecular weight is 327 g/mol. The summed E-state index contributed by atoms with van der Waals surface area (Å²) in [4.78, 5) is 2.75. The zero-order valence-corrected chi connectivity index (χ0v) is 15.2. The van der Waals surface area contributed by atoms with Crippen molar-refractivity contribution in [2.75, 3.05) is 26.2 Å². The van der Waals surface area contributed by atoms with Crippen molar-refractivity contribution < 1.29 is 8.42 Å². The van der Waals surface area contributed by atoms with E-state index in [0.717, 1.165) is 50.0 Å². The molecule has 0 atom stereocenters. The van der Waals surface area contributed by atoms with Crippen LogP contribution < -0.4 is 4.72 Å². The van der Waals surface area contributed by atoms with Gasteiger partial charge in [0.2, 0.25) is 10.0 Å². The SMILES string of the molecule is CCN(CC)CCCCCNS(=O)(=O)c1ccc(C)c(C)c1. The molecule has 0 aliphatic heterocycles. The molecule has 1 aromatic rings. The Morgan fingerprint density at radius 3 is 2.27 bits per heavy atom. The first-order valence-electron chi connectivity index (χ1n) is 8.20. The molecule has 0 saturated heterocycles.